The topological polar surface area (TPSA) is 35.9 Å². The van der Waals surface area contributed by atoms with Gasteiger partial charge in [-0.3, -0.25) is 9.69 Å². The van der Waals surface area contributed by atoms with Crippen molar-refractivity contribution in [3.8, 4) is 0 Å². The summed E-state index contributed by atoms with van der Waals surface area (Å²) in [4.78, 5) is 14.9. The summed E-state index contributed by atoms with van der Waals surface area (Å²) in [5, 5.41) is 6.38. The lowest BCUT2D eigenvalue weighted by molar-refractivity contribution is -0.134. The van der Waals surface area contributed by atoms with Gasteiger partial charge in [0, 0.05) is 12.5 Å². The molecule has 25 heavy (non-hydrogen) atoms. The van der Waals surface area contributed by atoms with Crippen LogP contribution in [0.1, 0.15) is 37.4 Å². The van der Waals surface area contributed by atoms with Crippen LogP contribution in [0.3, 0.4) is 0 Å². The molecule has 3 rings (SSSR count). The van der Waals surface area contributed by atoms with Gasteiger partial charge in [0.15, 0.2) is 0 Å². The van der Waals surface area contributed by atoms with Crippen molar-refractivity contribution < 1.29 is 4.79 Å². The van der Waals surface area contributed by atoms with Crippen molar-refractivity contribution in [1.29, 1.82) is 0 Å². The second-order valence-corrected chi connectivity index (χ2v) is 6.79. The van der Waals surface area contributed by atoms with Crippen LogP contribution >= 0.6 is 0 Å². The van der Waals surface area contributed by atoms with E-state index >= 15 is 0 Å². The fraction of sp³-hybridized carbons (Fsp3) is 0.333. The van der Waals surface area contributed by atoms with Gasteiger partial charge < -0.3 is 0 Å². The van der Waals surface area contributed by atoms with Crippen LogP contribution in [-0.4, -0.2) is 41.2 Å². The molecule has 0 bridgehead atoms. The predicted molar refractivity (Wildman–Crippen MR) is 101 cm³/mol. The van der Waals surface area contributed by atoms with Gasteiger partial charge in [0.1, 0.15) is 0 Å². The smallest absolute Gasteiger partial charge is 0.257 e. The summed E-state index contributed by atoms with van der Waals surface area (Å²) in [5.74, 6) is 0.0379. The van der Waals surface area contributed by atoms with Gasteiger partial charge in [-0.25, -0.2) is 5.01 Å². The Morgan fingerprint density at radius 2 is 1.72 bits per heavy atom. The SMILES string of the molecule is CC(C)N(C)CC(=O)N1N=C(c2ccccc2)CC1c1ccccc1. The number of amides is 1. The monoisotopic (exact) mass is 335 g/mol. The van der Waals surface area contributed by atoms with E-state index in [0.717, 1.165) is 23.3 Å². The Morgan fingerprint density at radius 1 is 1.12 bits per heavy atom. The summed E-state index contributed by atoms with van der Waals surface area (Å²) in [7, 11) is 1.97. The number of hydrogen-bond acceptors (Lipinski definition) is 3. The van der Waals surface area contributed by atoms with Crippen molar-refractivity contribution in [2.45, 2.75) is 32.4 Å². The first-order valence-electron chi connectivity index (χ1n) is 8.76. The highest BCUT2D eigenvalue weighted by Gasteiger charge is 2.33. The highest BCUT2D eigenvalue weighted by atomic mass is 16.2. The number of carbonyl (C=O) groups is 1. The van der Waals surface area contributed by atoms with Gasteiger partial charge in [-0.15, -0.1) is 0 Å². The van der Waals surface area contributed by atoms with Crippen LogP contribution in [-0.2, 0) is 4.79 Å². The highest BCUT2D eigenvalue weighted by Crippen LogP contribution is 2.32. The van der Waals surface area contributed by atoms with Crippen molar-refractivity contribution in [2.75, 3.05) is 13.6 Å². The van der Waals surface area contributed by atoms with E-state index in [2.05, 4.69) is 38.1 Å². The molecule has 1 unspecified atom stereocenters. The van der Waals surface area contributed by atoms with E-state index in [1.807, 2.05) is 48.3 Å². The molecule has 1 aliphatic rings. The Morgan fingerprint density at radius 3 is 2.32 bits per heavy atom. The molecule has 0 spiro atoms. The Labute approximate surface area is 149 Å². The van der Waals surface area contributed by atoms with E-state index in [1.165, 1.54) is 0 Å². The first-order valence-corrected chi connectivity index (χ1v) is 8.76. The minimum Gasteiger partial charge on any atom is -0.295 e. The van der Waals surface area contributed by atoms with Crippen molar-refractivity contribution in [1.82, 2.24) is 9.91 Å². The Kier molecular flexibility index (Phi) is 5.29. The quantitative estimate of drug-likeness (QED) is 0.835. The molecular formula is C21H25N3O. The van der Waals surface area contributed by atoms with Crippen molar-refractivity contribution in [2.24, 2.45) is 5.10 Å². The van der Waals surface area contributed by atoms with E-state index < -0.39 is 0 Å². The summed E-state index contributed by atoms with van der Waals surface area (Å²) < 4.78 is 0. The zero-order chi connectivity index (χ0) is 17.8. The standard InChI is InChI=1S/C21H25N3O/c1-16(2)23(3)15-21(25)24-20(18-12-8-5-9-13-18)14-19(22-24)17-10-6-4-7-11-17/h4-13,16,20H,14-15H2,1-3H3. The molecule has 0 N–H and O–H groups in total. The lowest BCUT2D eigenvalue weighted by atomic mass is 9.98. The molecule has 4 nitrogen and oxygen atoms in total. The largest absolute Gasteiger partial charge is 0.295 e. The Balaban J connectivity index is 1.89. The maximum Gasteiger partial charge on any atom is 0.257 e. The van der Waals surface area contributed by atoms with E-state index in [0.29, 0.717) is 12.6 Å². The number of carbonyl (C=O) groups excluding carboxylic acids is 1. The third-order valence-electron chi connectivity index (χ3n) is 4.72. The minimum atomic E-state index is -0.0375. The number of likely N-dealkylation sites (N-methyl/N-ethyl adjacent to an activating group) is 1. The maximum atomic E-state index is 12.9. The molecule has 1 aliphatic heterocycles. The minimum absolute atomic E-state index is 0.0375. The molecule has 2 aromatic carbocycles. The third-order valence-corrected chi connectivity index (χ3v) is 4.72. The first kappa shape index (κ1) is 17.4. The second kappa shape index (κ2) is 7.62. The molecule has 1 amide bonds. The van der Waals surface area contributed by atoms with E-state index in [4.69, 9.17) is 5.10 Å². The predicted octanol–water partition coefficient (Wildman–Crippen LogP) is 3.70. The molecule has 1 atom stereocenters. The molecule has 0 saturated carbocycles. The normalized spacial score (nSPS) is 17.2. The van der Waals surface area contributed by atoms with Crippen LogP contribution in [0.15, 0.2) is 65.8 Å². The molecular weight excluding hydrogens is 310 g/mol. The molecule has 0 radical (unpaired) electrons. The van der Waals surface area contributed by atoms with Crippen LogP contribution in [0, 0.1) is 0 Å². The summed E-state index contributed by atoms with van der Waals surface area (Å²) in [6, 6.07) is 20.6. The highest BCUT2D eigenvalue weighted by molar-refractivity contribution is 6.03. The van der Waals surface area contributed by atoms with E-state index in [-0.39, 0.29) is 11.9 Å². The summed E-state index contributed by atoms with van der Waals surface area (Å²) in [6.45, 7) is 4.54. The fourth-order valence-electron chi connectivity index (χ4n) is 2.95. The van der Waals surface area contributed by atoms with Crippen LogP contribution < -0.4 is 0 Å². The number of rotatable bonds is 5. The number of nitrogens with zero attached hydrogens (tertiary/aromatic N) is 3. The lowest BCUT2D eigenvalue weighted by Gasteiger charge is -2.26. The summed E-state index contributed by atoms with van der Waals surface area (Å²) in [5.41, 5.74) is 3.17. The van der Waals surface area contributed by atoms with Gasteiger partial charge in [-0.2, -0.15) is 5.10 Å². The van der Waals surface area contributed by atoms with E-state index in [9.17, 15) is 4.79 Å². The number of hydrazone groups is 1. The molecule has 4 heteroatoms. The van der Waals surface area contributed by atoms with Crippen LogP contribution in [0.5, 0.6) is 0 Å². The summed E-state index contributed by atoms with van der Waals surface area (Å²) in [6.07, 6.45) is 0.741. The third kappa shape index (κ3) is 3.97. The van der Waals surface area contributed by atoms with Crippen molar-refractivity contribution >= 4 is 11.6 Å². The number of benzene rings is 2. The van der Waals surface area contributed by atoms with Gasteiger partial charge >= 0.3 is 0 Å². The van der Waals surface area contributed by atoms with Gasteiger partial charge in [0.2, 0.25) is 0 Å². The van der Waals surface area contributed by atoms with Gasteiger partial charge in [0.25, 0.3) is 5.91 Å². The van der Waals surface area contributed by atoms with Gasteiger partial charge in [-0.1, -0.05) is 60.7 Å². The Hall–Kier alpha value is -2.46. The van der Waals surface area contributed by atoms with Crippen LogP contribution in [0.25, 0.3) is 0 Å². The molecule has 130 valence electrons. The zero-order valence-corrected chi connectivity index (χ0v) is 15.1. The average molecular weight is 335 g/mol. The van der Waals surface area contributed by atoms with Gasteiger partial charge in [-0.05, 0) is 32.0 Å². The first-order chi connectivity index (χ1) is 12.1. The van der Waals surface area contributed by atoms with Crippen LogP contribution in [0.4, 0.5) is 0 Å². The average Bonchev–Trinajstić information content (AvgIpc) is 3.08. The molecule has 0 fully saturated rings. The lowest BCUT2D eigenvalue weighted by Crippen LogP contribution is -2.39. The zero-order valence-electron chi connectivity index (χ0n) is 15.1. The summed E-state index contributed by atoms with van der Waals surface area (Å²) >= 11 is 0. The molecule has 1 heterocycles. The van der Waals surface area contributed by atoms with Crippen molar-refractivity contribution in [3.63, 3.8) is 0 Å². The van der Waals surface area contributed by atoms with E-state index in [1.54, 1.807) is 5.01 Å². The fourth-order valence-corrected chi connectivity index (χ4v) is 2.95. The molecule has 0 aromatic heterocycles. The molecule has 0 saturated heterocycles. The Bertz CT molecular complexity index is 740. The number of hydrogen-bond donors (Lipinski definition) is 0. The maximum absolute atomic E-state index is 12.9. The van der Waals surface area contributed by atoms with Gasteiger partial charge in [0.05, 0.1) is 18.3 Å². The van der Waals surface area contributed by atoms with Crippen molar-refractivity contribution in [3.05, 3.63) is 71.8 Å². The molecule has 0 aliphatic carbocycles. The molecule has 2 aromatic rings. The van der Waals surface area contributed by atoms with Crippen LogP contribution in [0.2, 0.25) is 0 Å². The second-order valence-electron chi connectivity index (χ2n) is 6.79.